The lowest BCUT2D eigenvalue weighted by Crippen LogP contribution is -2.19. The van der Waals surface area contributed by atoms with Crippen molar-refractivity contribution in [3.05, 3.63) is 60.7 Å². The van der Waals surface area contributed by atoms with Crippen molar-refractivity contribution in [1.29, 1.82) is 0 Å². The second-order valence-corrected chi connectivity index (χ2v) is 9.37. The van der Waals surface area contributed by atoms with Gasteiger partial charge in [-0.1, -0.05) is 67.6 Å². The molecule has 0 amide bonds. The predicted molar refractivity (Wildman–Crippen MR) is 88.3 cm³/mol. The molecule has 20 heavy (non-hydrogen) atoms. The normalized spacial score (nSPS) is 11.7. The summed E-state index contributed by atoms with van der Waals surface area (Å²) in [5, 5.41) is 2.47. The van der Waals surface area contributed by atoms with Crippen molar-refractivity contribution in [2.24, 2.45) is 0 Å². The number of benzene rings is 2. The van der Waals surface area contributed by atoms with Crippen molar-refractivity contribution < 1.29 is 8.42 Å². The van der Waals surface area contributed by atoms with Crippen LogP contribution in [0.5, 0.6) is 0 Å². The van der Waals surface area contributed by atoms with Gasteiger partial charge in [-0.2, -0.15) is 0 Å². The maximum Gasteiger partial charge on any atom is 0.150 e. The van der Waals surface area contributed by atoms with Crippen molar-refractivity contribution in [2.75, 3.05) is 17.7 Å². The van der Waals surface area contributed by atoms with Gasteiger partial charge in [0.2, 0.25) is 0 Å². The molecular weight excluding hydrogens is 287 g/mol. The van der Waals surface area contributed by atoms with Crippen molar-refractivity contribution >= 4 is 28.4 Å². The molecule has 0 N–H and O–H groups in total. The standard InChI is InChI=1S/C16H19O2PS/c1-2-20(17,18)14-13-19(15-9-5-3-6-10-15)16-11-7-4-8-12-16/h3-12H,2,13-14H2,1H3. The molecule has 0 aliphatic carbocycles. The molecule has 0 aromatic heterocycles. The number of hydrogen-bond acceptors (Lipinski definition) is 2. The molecule has 0 unspecified atom stereocenters. The molecule has 0 saturated heterocycles. The van der Waals surface area contributed by atoms with E-state index in [0.29, 0.717) is 6.16 Å². The molecule has 2 aromatic carbocycles. The predicted octanol–water partition coefficient (Wildman–Crippen LogP) is 2.55. The van der Waals surface area contributed by atoms with Gasteiger partial charge >= 0.3 is 0 Å². The van der Waals surface area contributed by atoms with Crippen molar-refractivity contribution in [3.63, 3.8) is 0 Å². The van der Waals surface area contributed by atoms with E-state index in [9.17, 15) is 8.42 Å². The van der Waals surface area contributed by atoms with Crippen LogP contribution in [0.4, 0.5) is 0 Å². The van der Waals surface area contributed by atoms with Crippen LogP contribution in [0.2, 0.25) is 0 Å². The molecular formula is C16H19O2PS. The van der Waals surface area contributed by atoms with E-state index in [4.69, 9.17) is 0 Å². The molecule has 4 heteroatoms. The molecule has 0 aliphatic rings. The zero-order valence-corrected chi connectivity index (χ0v) is 13.3. The summed E-state index contributed by atoms with van der Waals surface area (Å²) in [6, 6.07) is 20.4. The molecule has 0 radical (unpaired) electrons. The van der Waals surface area contributed by atoms with Gasteiger partial charge in [0.15, 0.2) is 0 Å². The van der Waals surface area contributed by atoms with Crippen molar-refractivity contribution in [3.8, 4) is 0 Å². The summed E-state index contributed by atoms with van der Waals surface area (Å²) in [4.78, 5) is 0. The summed E-state index contributed by atoms with van der Waals surface area (Å²) < 4.78 is 23.6. The van der Waals surface area contributed by atoms with Gasteiger partial charge in [0.25, 0.3) is 0 Å². The maximum atomic E-state index is 11.8. The summed E-state index contributed by atoms with van der Waals surface area (Å²) in [5.41, 5.74) is 0. The van der Waals surface area contributed by atoms with Crippen LogP contribution in [0.15, 0.2) is 60.7 Å². The first-order chi connectivity index (χ1) is 9.62. The molecule has 0 atom stereocenters. The van der Waals surface area contributed by atoms with Crippen LogP contribution in [-0.2, 0) is 9.84 Å². The fourth-order valence-electron chi connectivity index (χ4n) is 2.00. The maximum absolute atomic E-state index is 11.8. The highest BCUT2D eigenvalue weighted by atomic mass is 32.2. The molecule has 0 heterocycles. The quantitative estimate of drug-likeness (QED) is 0.769. The van der Waals surface area contributed by atoms with Crippen LogP contribution in [0.25, 0.3) is 0 Å². The minimum atomic E-state index is -2.91. The average molecular weight is 306 g/mol. The van der Waals surface area contributed by atoms with E-state index in [0.717, 1.165) is 0 Å². The highest BCUT2D eigenvalue weighted by Crippen LogP contribution is 2.33. The Bertz CT molecular complexity index is 585. The summed E-state index contributed by atoms with van der Waals surface area (Å²) in [5.74, 6) is 0.485. The summed E-state index contributed by atoms with van der Waals surface area (Å²) in [7, 11) is -3.51. The molecule has 106 valence electrons. The second-order valence-electron chi connectivity index (χ2n) is 4.56. The Labute approximate surface area is 122 Å². The zero-order chi connectivity index (χ0) is 14.4. The lowest BCUT2D eigenvalue weighted by molar-refractivity contribution is 0.598. The van der Waals surface area contributed by atoms with Gasteiger partial charge in [0.1, 0.15) is 9.84 Å². The highest BCUT2D eigenvalue weighted by Gasteiger charge is 2.17. The van der Waals surface area contributed by atoms with Crippen LogP contribution in [-0.4, -0.2) is 26.1 Å². The molecule has 2 aromatic rings. The third-order valence-electron chi connectivity index (χ3n) is 3.20. The van der Waals surface area contributed by atoms with Crippen LogP contribution >= 0.6 is 7.92 Å². The SMILES string of the molecule is CCS(=O)(=O)CCP(c1ccccc1)c1ccccc1. The Hall–Kier alpha value is -1.18. The summed E-state index contributed by atoms with van der Waals surface area (Å²) in [6.07, 6.45) is 0.694. The van der Waals surface area contributed by atoms with Crippen LogP contribution in [0.1, 0.15) is 6.92 Å². The Morgan fingerprint density at radius 2 is 1.30 bits per heavy atom. The Balaban J connectivity index is 2.26. The van der Waals surface area contributed by atoms with E-state index in [2.05, 4.69) is 24.3 Å². The van der Waals surface area contributed by atoms with E-state index >= 15 is 0 Å². The van der Waals surface area contributed by atoms with Gasteiger partial charge < -0.3 is 0 Å². The minimum Gasteiger partial charge on any atom is -0.229 e. The highest BCUT2D eigenvalue weighted by molar-refractivity contribution is 7.92. The zero-order valence-electron chi connectivity index (χ0n) is 11.6. The molecule has 0 aliphatic heterocycles. The van der Waals surface area contributed by atoms with E-state index < -0.39 is 17.8 Å². The smallest absolute Gasteiger partial charge is 0.150 e. The fraction of sp³-hybridized carbons (Fsp3) is 0.250. The molecule has 2 nitrogen and oxygen atoms in total. The molecule has 2 rings (SSSR count). The van der Waals surface area contributed by atoms with Gasteiger partial charge in [-0.25, -0.2) is 8.42 Å². The topological polar surface area (TPSA) is 34.1 Å². The lowest BCUT2D eigenvalue weighted by atomic mass is 10.4. The Kier molecular flexibility index (Phi) is 5.33. The fourth-order valence-corrected chi connectivity index (χ4v) is 6.01. The number of hydrogen-bond donors (Lipinski definition) is 0. The van der Waals surface area contributed by atoms with Crippen LogP contribution in [0.3, 0.4) is 0 Å². The largest absolute Gasteiger partial charge is 0.229 e. The third-order valence-corrected chi connectivity index (χ3v) is 7.72. The first kappa shape index (κ1) is 15.2. The van der Waals surface area contributed by atoms with E-state index in [1.807, 2.05) is 36.4 Å². The lowest BCUT2D eigenvalue weighted by Gasteiger charge is -2.18. The first-order valence-corrected chi connectivity index (χ1v) is 10.1. The summed E-state index contributed by atoms with van der Waals surface area (Å²) >= 11 is 0. The minimum absolute atomic E-state index is 0.222. The number of rotatable bonds is 6. The van der Waals surface area contributed by atoms with Crippen molar-refractivity contribution in [1.82, 2.24) is 0 Å². The van der Waals surface area contributed by atoms with Gasteiger partial charge in [-0.15, -0.1) is 0 Å². The Morgan fingerprint density at radius 1 is 0.850 bits per heavy atom. The van der Waals surface area contributed by atoms with Gasteiger partial charge in [0, 0.05) is 5.75 Å². The Morgan fingerprint density at radius 3 is 1.70 bits per heavy atom. The average Bonchev–Trinajstić information content (AvgIpc) is 2.49. The molecule has 0 bridgehead atoms. The van der Waals surface area contributed by atoms with Crippen LogP contribution < -0.4 is 10.6 Å². The van der Waals surface area contributed by atoms with Gasteiger partial charge in [-0.3, -0.25) is 0 Å². The van der Waals surface area contributed by atoms with E-state index in [1.165, 1.54) is 10.6 Å². The first-order valence-electron chi connectivity index (χ1n) is 6.70. The molecule has 0 fully saturated rings. The third kappa shape index (κ3) is 4.16. The summed E-state index contributed by atoms with van der Waals surface area (Å²) in [6.45, 7) is 1.71. The van der Waals surface area contributed by atoms with Gasteiger partial charge in [0.05, 0.1) is 5.75 Å². The molecule has 0 spiro atoms. The van der Waals surface area contributed by atoms with Gasteiger partial charge in [-0.05, 0) is 24.7 Å². The van der Waals surface area contributed by atoms with Crippen molar-refractivity contribution in [2.45, 2.75) is 6.92 Å². The van der Waals surface area contributed by atoms with Crippen LogP contribution in [0, 0.1) is 0 Å². The second kappa shape index (κ2) is 7.01. The monoisotopic (exact) mass is 306 g/mol. The molecule has 0 saturated carbocycles. The number of sulfone groups is 1. The van der Waals surface area contributed by atoms with E-state index in [1.54, 1.807) is 6.92 Å². The van der Waals surface area contributed by atoms with E-state index in [-0.39, 0.29) is 11.5 Å².